The van der Waals surface area contributed by atoms with Gasteiger partial charge in [-0.05, 0) is 31.3 Å². The van der Waals surface area contributed by atoms with E-state index >= 15 is 0 Å². The van der Waals surface area contributed by atoms with Gasteiger partial charge in [0.25, 0.3) is 0 Å². The van der Waals surface area contributed by atoms with Crippen LogP contribution in [-0.4, -0.2) is 7.05 Å². The number of benzene rings is 1. The SMILES string of the molecule is CNCc1occc1COc1cc(Br)ccc1F. The molecule has 1 N–H and O–H groups in total. The van der Waals surface area contributed by atoms with Crippen molar-refractivity contribution in [2.45, 2.75) is 13.2 Å². The lowest BCUT2D eigenvalue weighted by Crippen LogP contribution is -2.07. The van der Waals surface area contributed by atoms with Gasteiger partial charge in [0.05, 0.1) is 12.8 Å². The highest BCUT2D eigenvalue weighted by atomic mass is 79.9. The zero-order chi connectivity index (χ0) is 13.0. The first-order valence-corrected chi connectivity index (χ1v) is 6.27. The quantitative estimate of drug-likeness (QED) is 0.917. The molecular formula is C13H13BrFNO2. The van der Waals surface area contributed by atoms with Crippen LogP contribution in [0, 0.1) is 5.82 Å². The molecule has 0 aliphatic carbocycles. The minimum Gasteiger partial charge on any atom is -0.486 e. The summed E-state index contributed by atoms with van der Waals surface area (Å²) in [5.41, 5.74) is 0.906. The Balaban J connectivity index is 2.06. The van der Waals surface area contributed by atoms with Gasteiger partial charge < -0.3 is 14.5 Å². The molecule has 5 heteroatoms. The van der Waals surface area contributed by atoms with Crippen LogP contribution in [-0.2, 0) is 13.2 Å². The zero-order valence-electron chi connectivity index (χ0n) is 9.87. The molecule has 2 aromatic rings. The van der Waals surface area contributed by atoms with Gasteiger partial charge in [-0.25, -0.2) is 4.39 Å². The van der Waals surface area contributed by atoms with Crippen molar-refractivity contribution in [2.75, 3.05) is 7.05 Å². The third-order valence-electron chi connectivity index (χ3n) is 2.45. The maximum Gasteiger partial charge on any atom is 0.165 e. The summed E-state index contributed by atoms with van der Waals surface area (Å²) in [6, 6.07) is 6.42. The molecule has 0 saturated heterocycles. The molecule has 1 heterocycles. The van der Waals surface area contributed by atoms with E-state index in [9.17, 15) is 4.39 Å². The van der Waals surface area contributed by atoms with Gasteiger partial charge in [-0.15, -0.1) is 0 Å². The van der Waals surface area contributed by atoms with E-state index in [1.54, 1.807) is 18.4 Å². The summed E-state index contributed by atoms with van der Waals surface area (Å²) in [6.45, 7) is 0.896. The first-order chi connectivity index (χ1) is 8.70. The standard InChI is InChI=1S/C13H13BrFNO2/c1-16-7-13-9(4-5-17-13)8-18-12-6-10(14)2-3-11(12)15/h2-6,16H,7-8H2,1H3. The molecule has 0 unspecified atom stereocenters. The molecular weight excluding hydrogens is 301 g/mol. The molecule has 0 atom stereocenters. The van der Waals surface area contributed by atoms with Crippen molar-refractivity contribution in [1.29, 1.82) is 0 Å². The van der Waals surface area contributed by atoms with Crippen LogP contribution in [0.5, 0.6) is 5.75 Å². The molecule has 0 aliphatic heterocycles. The fourth-order valence-electron chi connectivity index (χ4n) is 1.55. The number of hydrogen-bond donors (Lipinski definition) is 1. The van der Waals surface area contributed by atoms with Crippen LogP contribution >= 0.6 is 15.9 Å². The fourth-order valence-corrected chi connectivity index (χ4v) is 1.89. The van der Waals surface area contributed by atoms with Gasteiger partial charge in [-0.1, -0.05) is 15.9 Å². The number of furan rings is 1. The average Bonchev–Trinajstić information content (AvgIpc) is 2.78. The molecule has 3 nitrogen and oxygen atoms in total. The highest BCUT2D eigenvalue weighted by molar-refractivity contribution is 9.10. The Labute approximate surface area is 113 Å². The smallest absolute Gasteiger partial charge is 0.165 e. The molecule has 0 saturated carbocycles. The van der Waals surface area contributed by atoms with Crippen molar-refractivity contribution in [3.05, 3.63) is 52.1 Å². The highest BCUT2D eigenvalue weighted by Crippen LogP contribution is 2.23. The van der Waals surface area contributed by atoms with E-state index in [1.165, 1.54) is 6.07 Å². The molecule has 2 rings (SSSR count). The Morgan fingerprint density at radius 2 is 2.22 bits per heavy atom. The fraction of sp³-hybridized carbons (Fsp3) is 0.231. The van der Waals surface area contributed by atoms with Gasteiger partial charge >= 0.3 is 0 Å². The number of nitrogens with one attached hydrogen (secondary N) is 1. The van der Waals surface area contributed by atoms with Crippen LogP contribution in [0.25, 0.3) is 0 Å². The first kappa shape index (κ1) is 13.1. The second-order valence-electron chi connectivity index (χ2n) is 3.76. The monoisotopic (exact) mass is 313 g/mol. The third-order valence-corrected chi connectivity index (χ3v) is 2.94. The summed E-state index contributed by atoms with van der Waals surface area (Å²) in [6.07, 6.45) is 1.60. The normalized spacial score (nSPS) is 10.6. The zero-order valence-corrected chi connectivity index (χ0v) is 11.5. The Morgan fingerprint density at radius 3 is 3.00 bits per heavy atom. The van der Waals surface area contributed by atoms with Crippen molar-refractivity contribution >= 4 is 15.9 Å². The maximum absolute atomic E-state index is 13.5. The molecule has 0 fully saturated rings. The van der Waals surface area contributed by atoms with Crippen LogP contribution in [0.4, 0.5) is 4.39 Å². The number of rotatable bonds is 5. The van der Waals surface area contributed by atoms with E-state index in [4.69, 9.17) is 9.15 Å². The third kappa shape index (κ3) is 3.11. The number of halogens is 2. The molecule has 0 aliphatic rings. The van der Waals surface area contributed by atoms with Crippen molar-refractivity contribution in [3.8, 4) is 5.75 Å². The second-order valence-corrected chi connectivity index (χ2v) is 4.68. The topological polar surface area (TPSA) is 34.4 Å². The minimum atomic E-state index is -0.378. The summed E-state index contributed by atoms with van der Waals surface area (Å²) in [5.74, 6) is 0.644. The lowest BCUT2D eigenvalue weighted by molar-refractivity contribution is 0.286. The van der Waals surface area contributed by atoms with Crippen LogP contribution in [0.3, 0.4) is 0 Å². The molecule has 0 radical (unpaired) electrons. The molecule has 0 bridgehead atoms. The summed E-state index contributed by atoms with van der Waals surface area (Å²) in [5, 5.41) is 3.00. The Bertz CT molecular complexity index is 527. The number of hydrogen-bond acceptors (Lipinski definition) is 3. The lowest BCUT2D eigenvalue weighted by Gasteiger charge is -2.07. The minimum absolute atomic E-state index is 0.223. The van der Waals surface area contributed by atoms with Crippen LogP contribution < -0.4 is 10.1 Å². The predicted molar refractivity (Wildman–Crippen MR) is 69.9 cm³/mol. The largest absolute Gasteiger partial charge is 0.486 e. The van der Waals surface area contributed by atoms with E-state index in [0.717, 1.165) is 15.8 Å². The van der Waals surface area contributed by atoms with Gasteiger partial charge in [0, 0.05) is 10.0 Å². The summed E-state index contributed by atoms with van der Waals surface area (Å²) < 4.78 is 25.0. The maximum atomic E-state index is 13.5. The highest BCUT2D eigenvalue weighted by Gasteiger charge is 2.08. The van der Waals surface area contributed by atoms with Crippen molar-refractivity contribution < 1.29 is 13.5 Å². The van der Waals surface area contributed by atoms with E-state index in [-0.39, 0.29) is 18.2 Å². The molecule has 0 amide bonds. The average molecular weight is 314 g/mol. The van der Waals surface area contributed by atoms with Gasteiger partial charge in [-0.3, -0.25) is 0 Å². The van der Waals surface area contributed by atoms with Crippen molar-refractivity contribution in [3.63, 3.8) is 0 Å². The van der Waals surface area contributed by atoms with Crippen LogP contribution in [0.15, 0.2) is 39.4 Å². The van der Waals surface area contributed by atoms with Crippen molar-refractivity contribution in [2.24, 2.45) is 0 Å². The van der Waals surface area contributed by atoms with Crippen molar-refractivity contribution in [1.82, 2.24) is 5.32 Å². The molecule has 0 spiro atoms. The summed E-state index contributed by atoms with van der Waals surface area (Å²) in [4.78, 5) is 0. The van der Waals surface area contributed by atoms with Gasteiger partial charge in [0.1, 0.15) is 12.4 Å². The van der Waals surface area contributed by atoms with Gasteiger partial charge in [-0.2, -0.15) is 0 Å². The van der Waals surface area contributed by atoms with Gasteiger partial charge in [0.15, 0.2) is 11.6 Å². The molecule has 96 valence electrons. The summed E-state index contributed by atoms with van der Waals surface area (Å²) in [7, 11) is 1.83. The number of ether oxygens (including phenoxy) is 1. The van der Waals surface area contributed by atoms with E-state index < -0.39 is 0 Å². The van der Waals surface area contributed by atoms with Gasteiger partial charge in [0.2, 0.25) is 0 Å². The van der Waals surface area contributed by atoms with E-state index in [0.29, 0.717) is 6.54 Å². The van der Waals surface area contributed by atoms with Crippen LogP contribution in [0.2, 0.25) is 0 Å². The van der Waals surface area contributed by atoms with Crippen LogP contribution in [0.1, 0.15) is 11.3 Å². The second kappa shape index (κ2) is 6.02. The summed E-state index contributed by atoms with van der Waals surface area (Å²) >= 11 is 3.28. The Kier molecular flexibility index (Phi) is 4.38. The molecule has 1 aromatic carbocycles. The molecule has 18 heavy (non-hydrogen) atoms. The lowest BCUT2D eigenvalue weighted by atomic mass is 10.2. The Morgan fingerprint density at radius 1 is 1.39 bits per heavy atom. The Hall–Kier alpha value is -1.33. The molecule has 1 aromatic heterocycles. The van der Waals surface area contributed by atoms with E-state index in [1.807, 2.05) is 13.1 Å². The van der Waals surface area contributed by atoms with E-state index in [2.05, 4.69) is 21.2 Å². The first-order valence-electron chi connectivity index (χ1n) is 5.48. The predicted octanol–water partition coefficient (Wildman–Crippen LogP) is 3.48.